The van der Waals surface area contributed by atoms with Crippen molar-refractivity contribution in [1.82, 2.24) is 10.6 Å². The standard InChI is InChI=1S/C14H18F2N2O2S/c1-8(12(19)17-13(20)18-14(2,3)4)21-9-5-6-10(15)11(16)7-9/h5-8H,1-4H3,(H2,17,18,19,20). The van der Waals surface area contributed by atoms with Crippen molar-refractivity contribution >= 4 is 23.7 Å². The Hall–Kier alpha value is -1.63. The minimum absolute atomic E-state index is 0.410. The van der Waals surface area contributed by atoms with E-state index in [0.717, 1.165) is 23.9 Å². The zero-order chi connectivity index (χ0) is 16.2. The molecule has 1 unspecified atom stereocenters. The maximum atomic E-state index is 13.1. The molecule has 0 radical (unpaired) electrons. The number of rotatable bonds is 3. The number of carbonyl (C=O) groups is 2. The van der Waals surface area contributed by atoms with Gasteiger partial charge in [-0.3, -0.25) is 10.1 Å². The Balaban J connectivity index is 2.58. The van der Waals surface area contributed by atoms with E-state index >= 15 is 0 Å². The quantitative estimate of drug-likeness (QED) is 0.843. The monoisotopic (exact) mass is 316 g/mol. The van der Waals surface area contributed by atoms with Crippen molar-refractivity contribution in [3.8, 4) is 0 Å². The molecule has 0 spiro atoms. The molecule has 1 atom stereocenters. The molecule has 7 heteroatoms. The molecule has 0 bridgehead atoms. The van der Waals surface area contributed by atoms with E-state index in [0.29, 0.717) is 4.90 Å². The van der Waals surface area contributed by atoms with E-state index in [1.165, 1.54) is 6.07 Å². The number of hydrogen-bond donors (Lipinski definition) is 2. The van der Waals surface area contributed by atoms with Crippen LogP contribution < -0.4 is 10.6 Å². The van der Waals surface area contributed by atoms with Crippen LogP contribution >= 0.6 is 11.8 Å². The summed E-state index contributed by atoms with van der Waals surface area (Å²) in [5.74, 6) is -2.43. The van der Waals surface area contributed by atoms with E-state index in [2.05, 4.69) is 10.6 Å². The van der Waals surface area contributed by atoms with Crippen molar-refractivity contribution in [3.05, 3.63) is 29.8 Å². The van der Waals surface area contributed by atoms with E-state index in [4.69, 9.17) is 0 Å². The Kier molecular flexibility index (Phi) is 5.71. The fraction of sp³-hybridized carbons (Fsp3) is 0.429. The van der Waals surface area contributed by atoms with E-state index < -0.39 is 34.4 Å². The Bertz CT molecular complexity index is 544. The molecule has 0 aliphatic carbocycles. The molecule has 2 N–H and O–H groups in total. The number of amides is 3. The van der Waals surface area contributed by atoms with Crippen LogP contribution in [0.5, 0.6) is 0 Å². The van der Waals surface area contributed by atoms with Crippen molar-refractivity contribution in [1.29, 1.82) is 0 Å². The van der Waals surface area contributed by atoms with Crippen LogP contribution in [0.1, 0.15) is 27.7 Å². The van der Waals surface area contributed by atoms with Crippen LogP contribution in [-0.4, -0.2) is 22.7 Å². The second-order valence-corrected chi connectivity index (χ2v) is 6.94. The molecular formula is C14H18F2N2O2S. The Morgan fingerprint density at radius 2 is 1.81 bits per heavy atom. The number of imide groups is 1. The molecule has 3 amide bonds. The summed E-state index contributed by atoms with van der Waals surface area (Å²) >= 11 is 1.04. The van der Waals surface area contributed by atoms with Crippen molar-refractivity contribution in [2.45, 2.75) is 43.4 Å². The first-order chi connectivity index (χ1) is 9.58. The highest BCUT2D eigenvalue weighted by Crippen LogP contribution is 2.24. The summed E-state index contributed by atoms with van der Waals surface area (Å²) in [4.78, 5) is 23.8. The molecule has 1 aromatic carbocycles. The molecule has 0 aliphatic rings. The van der Waals surface area contributed by atoms with E-state index in [9.17, 15) is 18.4 Å². The lowest BCUT2D eigenvalue weighted by Gasteiger charge is -2.21. The number of urea groups is 1. The fourth-order valence-corrected chi connectivity index (χ4v) is 2.29. The van der Waals surface area contributed by atoms with Crippen LogP contribution in [0, 0.1) is 11.6 Å². The van der Waals surface area contributed by atoms with Gasteiger partial charge in [-0.15, -0.1) is 11.8 Å². The topological polar surface area (TPSA) is 58.2 Å². The van der Waals surface area contributed by atoms with Crippen LogP contribution in [0.4, 0.5) is 13.6 Å². The molecule has 4 nitrogen and oxygen atoms in total. The summed E-state index contributed by atoms with van der Waals surface area (Å²) in [6.45, 7) is 6.94. The third-order valence-corrected chi connectivity index (χ3v) is 3.39. The van der Waals surface area contributed by atoms with Gasteiger partial charge in [0.2, 0.25) is 5.91 Å². The highest BCUT2D eigenvalue weighted by Gasteiger charge is 2.20. The van der Waals surface area contributed by atoms with Crippen LogP contribution in [0.2, 0.25) is 0 Å². The van der Waals surface area contributed by atoms with Crippen molar-refractivity contribution in [2.24, 2.45) is 0 Å². The first kappa shape index (κ1) is 17.4. The third kappa shape index (κ3) is 6.12. The molecule has 1 rings (SSSR count). The number of nitrogens with one attached hydrogen (secondary N) is 2. The van der Waals surface area contributed by atoms with Gasteiger partial charge in [-0.05, 0) is 45.9 Å². The van der Waals surface area contributed by atoms with Gasteiger partial charge in [0.05, 0.1) is 5.25 Å². The zero-order valence-electron chi connectivity index (χ0n) is 12.3. The lowest BCUT2D eigenvalue weighted by atomic mass is 10.1. The number of benzene rings is 1. The second kappa shape index (κ2) is 6.89. The van der Waals surface area contributed by atoms with Crippen molar-refractivity contribution in [3.63, 3.8) is 0 Å². The predicted octanol–water partition coefficient (Wildman–Crippen LogP) is 3.07. The molecule has 0 heterocycles. The number of hydrogen-bond acceptors (Lipinski definition) is 3. The number of halogens is 2. The van der Waals surface area contributed by atoms with Gasteiger partial charge in [0.1, 0.15) is 0 Å². The molecule has 0 saturated carbocycles. The zero-order valence-corrected chi connectivity index (χ0v) is 13.1. The molecule has 116 valence electrons. The van der Waals surface area contributed by atoms with Gasteiger partial charge >= 0.3 is 6.03 Å². The predicted molar refractivity (Wildman–Crippen MR) is 78.1 cm³/mol. The van der Waals surface area contributed by atoms with Crippen LogP contribution in [0.25, 0.3) is 0 Å². The van der Waals surface area contributed by atoms with Gasteiger partial charge in [-0.25, -0.2) is 13.6 Å². The SMILES string of the molecule is CC(Sc1ccc(F)c(F)c1)C(=O)NC(=O)NC(C)(C)C. The number of thioether (sulfide) groups is 1. The van der Waals surface area contributed by atoms with Crippen LogP contribution in [0.3, 0.4) is 0 Å². The molecule has 0 aromatic heterocycles. The average Bonchev–Trinajstić information content (AvgIpc) is 2.31. The van der Waals surface area contributed by atoms with Crippen LogP contribution in [-0.2, 0) is 4.79 Å². The summed E-state index contributed by atoms with van der Waals surface area (Å²) in [6, 6.07) is 2.79. The van der Waals surface area contributed by atoms with Gasteiger partial charge in [0.15, 0.2) is 11.6 Å². The molecule has 21 heavy (non-hydrogen) atoms. The fourth-order valence-electron chi connectivity index (χ4n) is 1.39. The Labute approximate surface area is 126 Å². The minimum Gasteiger partial charge on any atom is -0.333 e. The highest BCUT2D eigenvalue weighted by atomic mass is 32.2. The second-order valence-electron chi connectivity index (χ2n) is 5.53. The first-order valence-corrected chi connectivity index (χ1v) is 7.21. The van der Waals surface area contributed by atoms with Gasteiger partial charge in [-0.2, -0.15) is 0 Å². The van der Waals surface area contributed by atoms with Gasteiger partial charge < -0.3 is 5.32 Å². The lowest BCUT2D eigenvalue weighted by molar-refractivity contribution is -0.119. The maximum Gasteiger partial charge on any atom is 0.321 e. The molecule has 0 saturated heterocycles. The smallest absolute Gasteiger partial charge is 0.321 e. The third-order valence-electron chi connectivity index (χ3n) is 2.30. The molecule has 0 aliphatic heterocycles. The maximum absolute atomic E-state index is 13.1. The minimum atomic E-state index is -0.974. The summed E-state index contributed by atoms with van der Waals surface area (Å²) in [6.07, 6.45) is 0. The highest BCUT2D eigenvalue weighted by molar-refractivity contribution is 8.00. The largest absolute Gasteiger partial charge is 0.333 e. The molecule has 0 fully saturated rings. The molecule has 1 aromatic rings. The Morgan fingerprint density at radius 3 is 2.33 bits per heavy atom. The van der Waals surface area contributed by atoms with Gasteiger partial charge in [0.25, 0.3) is 0 Å². The summed E-state index contributed by atoms with van der Waals surface area (Å²) in [5, 5.41) is 4.18. The average molecular weight is 316 g/mol. The summed E-state index contributed by atoms with van der Waals surface area (Å²) < 4.78 is 25.9. The van der Waals surface area contributed by atoms with E-state index in [-0.39, 0.29) is 0 Å². The summed E-state index contributed by atoms with van der Waals surface area (Å²) in [5.41, 5.74) is -0.458. The van der Waals surface area contributed by atoms with Crippen molar-refractivity contribution in [2.75, 3.05) is 0 Å². The van der Waals surface area contributed by atoms with Crippen LogP contribution in [0.15, 0.2) is 23.1 Å². The summed E-state index contributed by atoms with van der Waals surface area (Å²) in [7, 11) is 0. The van der Waals surface area contributed by atoms with E-state index in [1.54, 1.807) is 27.7 Å². The molecular weight excluding hydrogens is 298 g/mol. The lowest BCUT2D eigenvalue weighted by Crippen LogP contribution is -2.49. The van der Waals surface area contributed by atoms with Gasteiger partial charge in [0, 0.05) is 10.4 Å². The van der Waals surface area contributed by atoms with Crippen molar-refractivity contribution < 1.29 is 18.4 Å². The first-order valence-electron chi connectivity index (χ1n) is 6.33. The van der Waals surface area contributed by atoms with Gasteiger partial charge in [-0.1, -0.05) is 0 Å². The Morgan fingerprint density at radius 1 is 1.19 bits per heavy atom. The normalized spacial score (nSPS) is 12.7. The van der Waals surface area contributed by atoms with E-state index in [1.807, 2.05) is 0 Å². The number of carbonyl (C=O) groups excluding carboxylic acids is 2.